The highest BCUT2D eigenvalue weighted by Gasteiger charge is 2.30. The summed E-state index contributed by atoms with van der Waals surface area (Å²) >= 11 is 1.44. The molecule has 33 heavy (non-hydrogen) atoms. The van der Waals surface area contributed by atoms with Crippen molar-refractivity contribution >= 4 is 38.6 Å². The second-order valence-electron chi connectivity index (χ2n) is 7.96. The van der Waals surface area contributed by atoms with E-state index in [1.54, 1.807) is 6.07 Å². The van der Waals surface area contributed by atoms with E-state index in [1.807, 2.05) is 16.8 Å². The van der Waals surface area contributed by atoms with E-state index in [0.717, 1.165) is 37.0 Å². The molecule has 5 nitrogen and oxygen atoms in total. The zero-order chi connectivity index (χ0) is 23.6. The molecule has 1 aliphatic rings. The van der Waals surface area contributed by atoms with Crippen molar-refractivity contribution in [2.75, 3.05) is 16.4 Å². The highest BCUT2D eigenvalue weighted by molar-refractivity contribution is 7.91. The summed E-state index contributed by atoms with van der Waals surface area (Å²) in [6, 6.07) is 9.90. The van der Waals surface area contributed by atoms with E-state index in [9.17, 15) is 26.4 Å². The molecule has 2 aromatic carbocycles. The lowest BCUT2D eigenvalue weighted by atomic mass is 9.87. The molecule has 1 aromatic heterocycles. The fourth-order valence-electron chi connectivity index (χ4n) is 3.61. The smallest absolute Gasteiger partial charge is 0.308 e. The quantitative estimate of drug-likeness (QED) is 0.403. The third-order valence-corrected chi connectivity index (χ3v) is 8.12. The molecule has 0 radical (unpaired) electrons. The van der Waals surface area contributed by atoms with Crippen LogP contribution in [-0.4, -0.2) is 20.2 Å². The molecular weight excluding hydrogens is 473 g/mol. The zero-order valence-electron chi connectivity index (χ0n) is 17.4. The standard InChI is InChI=1S/C23H21F3N2O3S2/c24-23(25,26)17-5-2-6-18(11-17)27-22(29)28-21-12-19(33(30,31)14-15-3-1-4-15)7-8-20(21)16-9-10-32-13-16/h2,5-13,15H,1,3-4,14H2,(H2,27,28,29). The van der Waals surface area contributed by atoms with Gasteiger partial charge in [0, 0.05) is 11.3 Å². The van der Waals surface area contributed by atoms with Crippen molar-refractivity contribution in [2.24, 2.45) is 5.92 Å². The Kier molecular flexibility index (Phi) is 6.49. The molecule has 0 saturated heterocycles. The molecule has 10 heteroatoms. The first kappa shape index (κ1) is 23.3. The van der Waals surface area contributed by atoms with Crippen molar-refractivity contribution in [1.29, 1.82) is 0 Å². The second-order valence-corrected chi connectivity index (χ2v) is 10.8. The largest absolute Gasteiger partial charge is 0.416 e. The molecule has 1 aliphatic carbocycles. The van der Waals surface area contributed by atoms with Crippen LogP contribution in [0.25, 0.3) is 11.1 Å². The molecule has 1 fully saturated rings. The van der Waals surface area contributed by atoms with Gasteiger partial charge in [-0.05, 0) is 71.5 Å². The van der Waals surface area contributed by atoms with Crippen LogP contribution in [0.1, 0.15) is 24.8 Å². The van der Waals surface area contributed by atoms with Gasteiger partial charge >= 0.3 is 12.2 Å². The van der Waals surface area contributed by atoms with E-state index in [1.165, 1.54) is 35.6 Å². The summed E-state index contributed by atoms with van der Waals surface area (Å²) in [7, 11) is -3.54. The number of benzene rings is 2. The number of carbonyl (C=O) groups is 1. The second kappa shape index (κ2) is 9.18. The monoisotopic (exact) mass is 494 g/mol. The van der Waals surface area contributed by atoms with Gasteiger partial charge in [0.25, 0.3) is 0 Å². The van der Waals surface area contributed by atoms with Gasteiger partial charge in [-0.2, -0.15) is 24.5 Å². The predicted octanol–water partition coefficient (Wildman–Crippen LogP) is 6.65. The van der Waals surface area contributed by atoms with Gasteiger partial charge < -0.3 is 10.6 Å². The van der Waals surface area contributed by atoms with E-state index in [2.05, 4.69) is 10.6 Å². The maximum atomic E-state index is 13.0. The maximum Gasteiger partial charge on any atom is 0.416 e. The number of hydrogen-bond acceptors (Lipinski definition) is 4. The van der Waals surface area contributed by atoms with Crippen LogP contribution < -0.4 is 10.6 Å². The molecular formula is C23H21F3N2O3S2. The first-order valence-corrected chi connectivity index (χ1v) is 12.9. The number of carbonyl (C=O) groups excluding carboxylic acids is 1. The van der Waals surface area contributed by atoms with Crippen LogP contribution >= 0.6 is 11.3 Å². The highest BCUT2D eigenvalue weighted by Crippen LogP contribution is 2.35. The predicted molar refractivity (Wildman–Crippen MR) is 123 cm³/mol. The fraction of sp³-hybridized carbons (Fsp3) is 0.261. The van der Waals surface area contributed by atoms with Gasteiger partial charge in [-0.25, -0.2) is 13.2 Å². The third-order valence-electron chi connectivity index (χ3n) is 5.56. The summed E-state index contributed by atoms with van der Waals surface area (Å²) in [6.45, 7) is 0. The molecule has 0 unspecified atom stereocenters. The number of thiophene rings is 1. The zero-order valence-corrected chi connectivity index (χ0v) is 19.0. The average Bonchev–Trinajstić information content (AvgIpc) is 3.25. The fourth-order valence-corrected chi connectivity index (χ4v) is 5.99. The van der Waals surface area contributed by atoms with Crippen LogP contribution in [0.2, 0.25) is 0 Å². The molecule has 2 N–H and O–H groups in total. The van der Waals surface area contributed by atoms with E-state index in [4.69, 9.17) is 0 Å². The van der Waals surface area contributed by atoms with Crippen molar-refractivity contribution in [3.63, 3.8) is 0 Å². The minimum absolute atomic E-state index is 0.0341. The van der Waals surface area contributed by atoms with Crippen LogP contribution in [0.5, 0.6) is 0 Å². The summed E-state index contributed by atoms with van der Waals surface area (Å²) in [6.07, 6.45) is -1.74. The number of nitrogens with one attached hydrogen (secondary N) is 2. The molecule has 0 spiro atoms. The Hall–Kier alpha value is -2.85. The number of amides is 2. The third kappa shape index (κ3) is 5.56. The maximum absolute atomic E-state index is 13.0. The molecule has 174 valence electrons. The Bertz CT molecular complexity index is 1250. The van der Waals surface area contributed by atoms with E-state index < -0.39 is 27.6 Å². The number of sulfone groups is 1. The van der Waals surface area contributed by atoms with Crippen LogP contribution in [0.15, 0.2) is 64.2 Å². The Morgan fingerprint density at radius 1 is 1.06 bits per heavy atom. The number of rotatable bonds is 6. The van der Waals surface area contributed by atoms with Crippen molar-refractivity contribution in [2.45, 2.75) is 30.3 Å². The van der Waals surface area contributed by atoms with Crippen LogP contribution in [-0.2, 0) is 16.0 Å². The summed E-state index contributed by atoms with van der Waals surface area (Å²) in [4.78, 5) is 12.7. The number of urea groups is 1. The minimum Gasteiger partial charge on any atom is -0.308 e. The van der Waals surface area contributed by atoms with Gasteiger partial charge in [-0.3, -0.25) is 0 Å². The highest BCUT2D eigenvalue weighted by atomic mass is 32.2. The molecule has 4 rings (SSSR count). The summed E-state index contributed by atoms with van der Waals surface area (Å²) in [5.41, 5.74) is 0.736. The van der Waals surface area contributed by atoms with Crippen molar-refractivity contribution < 1.29 is 26.4 Å². The first-order valence-electron chi connectivity index (χ1n) is 10.3. The van der Waals surface area contributed by atoms with Crippen LogP contribution in [0.4, 0.5) is 29.3 Å². The summed E-state index contributed by atoms with van der Waals surface area (Å²) in [5, 5.41) is 8.70. The van der Waals surface area contributed by atoms with Crippen molar-refractivity contribution in [1.82, 2.24) is 0 Å². The summed E-state index contributed by atoms with van der Waals surface area (Å²) in [5.74, 6) is 0.202. The Morgan fingerprint density at radius 2 is 1.85 bits per heavy atom. The number of halogens is 3. The van der Waals surface area contributed by atoms with Gasteiger partial charge in [-0.1, -0.05) is 18.6 Å². The topological polar surface area (TPSA) is 75.3 Å². The SMILES string of the molecule is O=C(Nc1cccc(C(F)(F)F)c1)Nc1cc(S(=O)(=O)CC2CCC2)ccc1-c1ccsc1. The van der Waals surface area contributed by atoms with E-state index in [-0.39, 0.29) is 27.9 Å². The minimum atomic E-state index is -4.54. The molecule has 3 aromatic rings. The lowest BCUT2D eigenvalue weighted by molar-refractivity contribution is -0.137. The van der Waals surface area contributed by atoms with Crippen LogP contribution in [0, 0.1) is 5.92 Å². The van der Waals surface area contributed by atoms with Crippen LogP contribution in [0.3, 0.4) is 0 Å². The molecule has 0 bridgehead atoms. The van der Waals surface area contributed by atoms with Gasteiger partial charge in [0.1, 0.15) is 0 Å². The van der Waals surface area contributed by atoms with Crippen molar-refractivity contribution in [3.05, 3.63) is 64.9 Å². The molecule has 1 heterocycles. The number of alkyl halides is 3. The Morgan fingerprint density at radius 3 is 2.48 bits per heavy atom. The lowest BCUT2D eigenvalue weighted by Gasteiger charge is -2.25. The average molecular weight is 495 g/mol. The first-order chi connectivity index (χ1) is 15.6. The molecule has 0 atom stereocenters. The number of anilines is 2. The Labute approximate surface area is 193 Å². The van der Waals surface area contributed by atoms with E-state index >= 15 is 0 Å². The summed E-state index contributed by atoms with van der Waals surface area (Å²) < 4.78 is 64.6. The van der Waals surface area contributed by atoms with E-state index in [0.29, 0.717) is 5.56 Å². The molecule has 2 amide bonds. The van der Waals surface area contributed by atoms with Gasteiger partial charge in [0.15, 0.2) is 9.84 Å². The van der Waals surface area contributed by atoms with Gasteiger partial charge in [0.2, 0.25) is 0 Å². The molecule has 1 saturated carbocycles. The lowest BCUT2D eigenvalue weighted by Crippen LogP contribution is -2.23. The van der Waals surface area contributed by atoms with Gasteiger partial charge in [0.05, 0.1) is 21.9 Å². The molecule has 0 aliphatic heterocycles. The Balaban J connectivity index is 1.60. The number of hydrogen-bond donors (Lipinski definition) is 2. The normalized spacial score (nSPS) is 14.5. The van der Waals surface area contributed by atoms with Gasteiger partial charge in [-0.15, -0.1) is 0 Å². The van der Waals surface area contributed by atoms with Crippen molar-refractivity contribution in [3.8, 4) is 11.1 Å².